The number of methoxy groups -OCH3 is 1. The van der Waals surface area contributed by atoms with Gasteiger partial charge >= 0.3 is 0 Å². The van der Waals surface area contributed by atoms with E-state index in [-0.39, 0.29) is 12.5 Å². The van der Waals surface area contributed by atoms with Crippen LogP contribution < -0.4 is 10.1 Å². The number of amides is 1. The maximum Gasteiger partial charge on any atom is 0.244 e. The van der Waals surface area contributed by atoms with Crippen LogP contribution in [-0.2, 0) is 4.79 Å². The topological polar surface area (TPSA) is 58.6 Å². The van der Waals surface area contributed by atoms with Gasteiger partial charge in [0.25, 0.3) is 0 Å². The Labute approximate surface area is 159 Å². The molecule has 3 aromatic rings. The monoisotopic (exact) mass is 361 g/mol. The standard InChI is InChI=1S/C23H23NO3/c1-16-5-3-4-6-17(16)10-12-23(26)24-22(15-25)19-8-7-18-9-11-21(27-2)14-20(18)13-19/h3-14,22,25H,15H2,1-2H3,(H,24,26)/b12-10+/t22-/m0/s1. The Kier molecular flexibility index (Phi) is 5.89. The lowest BCUT2D eigenvalue weighted by Gasteiger charge is -2.16. The highest BCUT2D eigenvalue weighted by atomic mass is 16.5. The third-order valence-electron chi connectivity index (χ3n) is 4.58. The average Bonchev–Trinajstić information content (AvgIpc) is 2.70. The van der Waals surface area contributed by atoms with Crippen molar-refractivity contribution in [3.8, 4) is 5.75 Å². The fraction of sp³-hybridized carbons (Fsp3) is 0.174. The Bertz CT molecular complexity index is 978. The lowest BCUT2D eigenvalue weighted by Crippen LogP contribution is -2.29. The second-order valence-electron chi connectivity index (χ2n) is 6.41. The Morgan fingerprint density at radius 1 is 1.11 bits per heavy atom. The van der Waals surface area contributed by atoms with Gasteiger partial charge in [-0.15, -0.1) is 0 Å². The number of benzene rings is 3. The zero-order valence-electron chi connectivity index (χ0n) is 15.5. The largest absolute Gasteiger partial charge is 0.497 e. The average molecular weight is 361 g/mol. The van der Waals surface area contributed by atoms with Crippen molar-refractivity contribution in [1.29, 1.82) is 0 Å². The zero-order valence-corrected chi connectivity index (χ0v) is 15.5. The first-order chi connectivity index (χ1) is 13.1. The minimum absolute atomic E-state index is 0.181. The van der Waals surface area contributed by atoms with Crippen molar-refractivity contribution in [3.05, 3.63) is 83.4 Å². The van der Waals surface area contributed by atoms with Gasteiger partial charge in [0.15, 0.2) is 0 Å². The van der Waals surface area contributed by atoms with Crippen LogP contribution in [0.25, 0.3) is 16.8 Å². The van der Waals surface area contributed by atoms with Crippen LogP contribution in [-0.4, -0.2) is 24.7 Å². The molecule has 0 unspecified atom stereocenters. The zero-order chi connectivity index (χ0) is 19.2. The number of carbonyl (C=O) groups excluding carboxylic acids is 1. The summed E-state index contributed by atoms with van der Waals surface area (Å²) in [5.74, 6) is 0.522. The Balaban J connectivity index is 1.77. The van der Waals surface area contributed by atoms with Gasteiger partial charge in [0.2, 0.25) is 5.91 Å². The highest BCUT2D eigenvalue weighted by Crippen LogP contribution is 2.24. The predicted molar refractivity (Wildman–Crippen MR) is 109 cm³/mol. The summed E-state index contributed by atoms with van der Waals surface area (Å²) >= 11 is 0. The first-order valence-electron chi connectivity index (χ1n) is 8.83. The van der Waals surface area contributed by atoms with E-state index in [4.69, 9.17) is 4.74 Å². The molecular formula is C23H23NO3. The van der Waals surface area contributed by atoms with Crippen LogP contribution in [0.5, 0.6) is 5.75 Å². The van der Waals surface area contributed by atoms with Gasteiger partial charge in [-0.3, -0.25) is 4.79 Å². The van der Waals surface area contributed by atoms with Crippen molar-refractivity contribution in [2.24, 2.45) is 0 Å². The SMILES string of the molecule is COc1ccc2ccc([C@H](CO)NC(=O)/C=C/c3ccccc3C)cc2c1. The molecule has 3 aromatic carbocycles. The van der Waals surface area contributed by atoms with Crippen LogP contribution in [0, 0.1) is 6.92 Å². The van der Waals surface area contributed by atoms with E-state index in [2.05, 4.69) is 5.32 Å². The van der Waals surface area contributed by atoms with Gasteiger partial charge in [0.05, 0.1) is 19.8 Å². The Morgan fingerprint density at radius 2 is 1.89 bits per heavy atom. The van der Waals surface area contributed by atoms with Crippen molar-refractivity contribution in [1.82, 2.24) is 5.32 Å². The lowest BCUT2D eigenvalue weighted by molar-refractivity contribution is -0.117. The molecule has 0 bridgehead atoms. The van der Waals surface area contributed by atoms with Gasteiger partial charge in [-0.1, -0.05) is 42.5 Å². The molecular weight excluding hydrogens is 338 g/mol. The molecule has 0 aliphatic rings. The first kappa shape index (κ1) is 18.7. The highest BCUT2D eigenvalue weighted by molar-refractivity contribution is 5.92. The van der Waals surface area contributed by atoms with E-state index in [9.17, 15) is 9.90 Å². The molecule has 4 nitrogen and oxygen atoms in total. The molecule has 0 spiro atoms. The number of rotatable bonds is 6. The molecule has 0 fully saturated rings. The summed E-state index contributed by atoms with van der Waals surface area (Å²) in [4.78, 5) is 12.3. The maximum absolute atomic E-state index is 12.3. The molecule has 3 rings (SSSR count). The number of fused-ring (bicyclic) bond motifs is 1. The maximum atomic E-state index is 12.3. The number of aliphatic hydroxyl groups is 1. The molecule has 138 valence electrons. The summed E-state index contributed by atoms with van der Waals surface area (Å²) < 4.78 is 5.27. The van der Waals surface area contributed by atoms with E-state index in [0.29, 0.717) is 0 Å². The highest BCUT2D eigenvalue weighted by Gasteiger charge is 2.13. The van der Waals surface area contributed by atoms with E-state index in [1.54, 1.807) is 13.2 Å². The molecule has 0 aliphatic heterocycles. The van der Waals surface area contributed by atoms with Gasteiger partial charge in [0, 0.05) is 6.08 Å². The van der Waals surface area contributed by atoms with Crippen molar-refractivity contribution < 1.29 is 14.6 Å². The molecule has 2 N–H and O–H groups in total. The number of ether oxygens (including phenoxy) is 1. The van der Waals surface area contributed by atoms with Crippen LogP contribution >= 0.6 is 0 Å². The van der Waals surface area contributed by atoms with Crippen LogP contribution in [0.3, 0.4) is 0 Å². The van der Waals surface area contributed by atoms with Crippen LogP contribution in [0.1, 0.15) is 22.7 Å². The third-order valence-corrected chi connectivity index (χ3v) is 4.58. The molecule has 1 amide bonds. The molecule has 0 aromatic heterocycles. The fourth-order valence-corrected chi connectivity index (χ4v) is 2.98. The molecule has 0 saturated heterocycles. The van der Waals surface area contributed by atoms with E-state index in [1.165, 1.54) is 6.08 Å². The van der Waals surface area contributed by atoms with Gasteiger partial charge in [0.1, 0.15) is 5.75 Å². The Morgan fingerprint density at radius 3 is 2.63 bits per heavy atom. The van der Waals surface area contributed by atoms with Crippen molar-refractivity contribution >= 4 is 22.8 Å². The minimum atomic E-state index is -0.477. The summed E-state index contributed by atoms with van der Waals surface area (Å²) in [5, 5.41) is 14.7. The summed E-state index contributed by atoms with van der Waals surface area (Å²) in [6.07, 6.45) is 3.28. The number of carbonyl (C=O) groups is 1. The summed E-state index contributed by atoms with van der Waals surface area (Å²) in [6.45, 7) is 1.82. The second kappa shape index (κ2) is 8.52. The van der Waals surface area contributed by atoms with Crippen molar-refractivity contribution in [2.75, 3.05) is 13.7 Å². The van der Waals surface area contributed by atoms with Crippen LogP contribution in [0.2, 0.25) is 0 Å². The lowest BCUT2D eigenvalue weighted by atomic mass is 10.0. The molecule has 27 heavy (non-hydrogen) atoms. The number of hydrogen-bond acceptors (Lipinski definition) is 3. The van der Waals surface area contributed by atoms with Gasteiger partial charge in [-0.05, 0) is 58.7 Å². The molecule has 1 atom stereocenters. The van der Waals surface area contributed by atoms with Gasteiger partial charge in [-0.2, -0.15) is 0 Å². The predicted octanol–water partition coefficient (Wildman–Crippen LogP) is 4.02. The van der Waals surface area contributed by atoms with Crippen LogP contribution in [0.4, 0.5) is 0 Å². The smallest absolute Gasteiger partial charge is 0.244 e. The summed E-state index contributed by atoms with van der Waals surface area (Å²) in [7, 11) is 1.63. The van der Waals surface area contributed by atoms with Crippen LogP contribution in [0.15, 0.2) is 66.7 Å². The van der Waals surface area contributed by atoms with E-state index in [0.717, 1.165) is 33.2 Å². The van der Waals surface area contributed by atoms with E-state index < -0.39 is 6.04 Å². The fourth-order valence-electron chi connectivity index (χ4n) is 2.98. The van der Waals surface area contributed by atoms with E-state index >= 15 is 0 Å². The number of aliphatic hydroxyl groups excluding tert-OH is 1. The van der Waals surface area contributed by atoms with Crippen molar-refractivity contribution in [2.45, 2.75) is 13.0 Å². The van der Waals surface area contributed by atoms with E-state index in [1.807, 2.05) is 67.6 Å². The number of aryl methyl sites for hydroxylation is 1. The molecule has 0 saturated carbocycles. The molecule has 0 aliphatic carbocycles. The second-order valence-corrected chi connectivity index (χ2v) is 6.41. The quantitative estimate of drug-likeness (QED) is 0.652. The molecule has 0 radical (unpaired) electrons. The first-order valence-corrected chi connectivity index (χ1v) is 8.83. The third kappa shape index (κ3) is 4.54. The summed E-state index contributed by atoms with van der Waals surface area (Å²) in [5.41, 5.74) is 2.94. The molecule has 4 heteroatoms. The number of nitrogens with one attached hydrogen (secondary N) is 1. The molecule has 0 heterocycles. The van der Waals surface area contributed by atoms with Gasteiger partial charge < -0.3 is 15.2 Å². The van der Waals surface area contributed by atoms with Gasteiger partial charge in [-0.25, -0.2) is 0 Å². The normalized spacial score (nSPS) is 12.3. The van der Waals surface area contributed by atoms with Crippen molar-refractivity contribution in [3.63, 3.8) is 0 Å². The summed E-state index contributed by atoms with van der Waals surface area (Å²) in [6, 6.07) is 19.1. The Hall–Kier alpha value is -3.11. The minimum Gasteiger partial charge on any atom is -0.497 e. The number of hydrogen-bond donors (Lipinski definition) is 2.